The Hall–Kier alpha value is -0.0800. The third-order valence-corrected chi connectivity index (χ3v) is 5.92. The van der Waals surface area contributed by atoms with E-state index in [2.05, 4.69) is 24.1 Å². The monoisotopic (exact) mass is 264 g/mol. The van der Waals surface area contributed by atoms with Crippen LogP contribution in [0.5, 0.6) is 0 Å². The molecule has 2 heteroatoms. The third-order valence-electron chi connectivity index (χ3n) is 5.92. The van der Waals surface area contributed by atoms with Gasteiger partial charge in [-0.15, -0.1) is 0 Å². The second-order valence-electron chi connectivity index (χ2n) is 7.28. The van der Waals surface area contributed by atoms with Crippen molar-refractivity contribution in [2.75, 3.05) is 6.54 Å². The highest BCUT2D eigenvalue weighted by molar-refractivity contribution is 5.01. The van der Waals surface area contributed by atoms with E-state index in [0.29, 0.717) is 0 Å². The summed E-state index contributed by atoms with van der Waals surface area (Å²) >= 11 is 0. The predicted molar refractivity (Wildman–Crippen MR) is 81.4 cm³/mol. The van der Waals surface area contributed by atoms with E-state index in [1.54, 1.807) is 0 Å². The van der Waals surface area contributed by atoms with E-state index in [1.165, 1.54) is 64.3 Å². The summed E-state index contributed by atoms with van der Waals surface area (Å²) in [6, 6.07) is 3.53. The van der Waals surface area contributed by atoms with Crippen LogP contribution in [0.1, 0.15) is 71.6 Å². The van der Waals surface area contributed by atoms with Gasteiger partial charge in [-0.25, -0.2) is 0 Å². The van der Waals surface area contributed by atoms with Crippen LogP contribution in [0.2, 0.25) is 0 Å². The molecule has 3 rings (SSSR count). The van der Waals surface area contributed by atoms with Crippen LogP contribution >= 0.6 is 0 Å². The molecule has 1 N–H and O–H groups in total. The molecular formula is C17H32N2. The lowest BCUT2D eigenvalue weighted by molar-refractivity contribution is 0.0262. The van der Waals surface area contributed by atoms with Gasteiger partial charge in [0.15, 0.2) is 0 Å². The first-order chi connectivity index (χ1) is 9.29. The molecule has 2 aliphatic heterocycles. The summed E-state index contributed by atoms with van der Waals surface area (Å²) in [4.78, 5) is 2.98. The maximum atomic E-state index is 3.78. The fraction of sp³-hybridized carbons (Fsp3) is 1.00. The van der Waals surface area contributed by atoms with Crippen molar-refractivity contribution in [2.45, 2.75) is 95.8 Å². The summed E-state index contributed by atoms with van der Waals surface area (Å²) < 4.78 is 0. The molecule has 110 valence electrons. The largest absolute Gasteiger partial charge is 0.314 e. The molecule has 3 aliphatic rings. The molecule has 0 spiro atoms. The van der Waals surface area contributed by atoms with E-state index in [0.717, 1.165) is 30.1 Å². The summed E-state index contributed by atoms with van der Waals surface area (Å²) in [6.45, 7) is 6.00. The molecule has 0 aromatic carbocycles. The van der Waals surface area contributed by atoms with E-state index in [4.69, 9.17) is 0 Å². The lowest BCUT2D eigenvalue weighted by Gasteiger charge is -2.47. The zero-order valence-electron chi connectivity index (χ0n) is 12.9. The summed E-state index contributed by atoms with van der Waals surface area (Å²) in [7, 11) is 0. The fourth-order valence-electron chi connectivity index (χ4n) is 5.01. The lowest BCUT2D eigenvalue weighted by Crippen LogP contribution is -2.55. The smallest absolute Gasteiger partial charge is 0.0127 e. The van der Waals surface area contributed by atoms with Crippen LogP contribution in [0.15, 0.2) is 0 Å². The van der Waals surface area contributed by atoms with Gasteiger partial charge in [0.2, 0.25) is 0 Å². The normalized spacial score (nSPS) is 43.6. The molecule has 3 fully saturated rings. The quantitative estimate of drug-likeness (QED) is 0.835. The zero-order valence-corrected chi connectivity index (χ0v) is 12.9. The molecular weight excluding hydrogens is 232 g/mol. The van der Waals surface area contributed by atoms with Crippen molar-refractivity contribution in [3.63, 3.8) is 0 Å². The average Bonchev–Trinajstić information content (AvgIpc) is 2.68. The minimum absolute atomic E-state index is 0.813. The first-order valence-electron chi connectivity index (χ1n) is 8.80. The van der Waals surface area contributed by atoms with Crippen molar-refractivity contribution in [3.8, 4) is 0 Å². The van der Waals surface area contributed by atoms with Crippen molar-refractivity contribution in [1.82, 2.24) is 10.2 Å². The number of hydrogen-bond donors (Lipinski definition) is 1. The Kier molecular flexibility index (Phi) is 4.48. The van der Waals surface area contributed by atoms with Crippen LogP contribution in [0.4, 0.5) is 0 Å². The Labute approximate surface area is 119 Å². The number of fused-ring (bicyclic) bond motifs is 2. The summed E-state index contributed by atoms with van der Waals surface area (Å²) in [5, 5.41) is 3.78. The standard InChI is InChI=1S/C17H32N2/c1-3-10-18-14-11-15-8-9-16(12-14)19(15)17-7-5-4-6-13(17)2/h13-18H,3-12H2,1-2H3. The first-order valence-corrected chi connectivity index (χ1v) is 8.80. The molecule has 1 aliphatic carbocycles. The molecule has 2 bridgehead atoms. The SMILES string of the molecule is CCCNC1CC2CCC(C1)N2C1CCCCC1C. The van der Waals surface area contributed by atoms with Gasteiger partial charge < -0.3 is 5.32 Å². The van der Waals surface area contributed by atoms with Gasteiger partial charge in [-0.2, -0.15) is 0 Å². The van der Waals surface area contributed by atoms with Gasteiger partial charge in [-0.3, -0.25) is 4.90 Å². The number of nitrogens with one attached hydrogen (secondary N) is 1. The number of rotatable bonds is 4. The van der Waals surface area contributed by atoms with E-state index in [1.807, 2.05) is 0 Å². The molecule has 0 aromatic rings. The summed E-state index contributed by atoms with van der Waals surface area (Å²) in [6.07, 6.45) is 12.9. The maximum Gasteiger partial charge on any atom is 0.0127 e. The predicted octanol–water partition coefficient (Wildman–Crippen LogP) is 3.56. The van der Waals surface area contributed by atoms with Gasteiger partial charge in [0.1, 0.15) is 0 Å². The van der Waals surface area contributed by atoms with Gasteiger partial charge in [0.05, 0.1) is 0 Å². The minimum Gasteiger partial charge on any atom is -0.314 e. The molecule has 4 unspecified atom stereocenters. The molecule has 4 atom stereocenters. The summed E-state index contributed by atoms with van der Waals surface area (Å²) in [5.41, 5.74) is 0. The van der Waals surface area contributed by atoms with Crippen molar-refractivity contribution < 1.29 is 0 Å². The van der Waals surface area contributed by atoms with Crippen LogP contribution in [-0.2, 0) is 0 Å². The topological polar surface area (TPSA) is 15.3 Å². The molecule has 2 heterocycles. The van der Waals surface area contributed by atoms with Crippen molar-refractivity contribution in [3.05, 3.63) is 0 Å². The zero-order chi connectivity index (χ0) is 13.2. The van der Waals surface area contributed by atoms with Crippen LogP contribution in [0.3, 0.4) is 0 Å². The minimum atomic E-state index is 0.813. The van der Waals surface area contributed by atoms with Crippen LogP contribution in [0, 0.1) is 5.92 Å². The Morgan fingerprint density at radius 1 is 1.00 bits per heavy atom. The molecule has 1 saturated carbocycles. The van der Waals surface area contributed by atoms with Crippen molar-refractivity contribution in [2.24, 2.45) is 5.92 Å². The maximum absolute atomic E-state index is 3.78. The molecule has 0 radical (unpaired) electrons. The Bertz CT molecular complexity index is 277. The molecule has 19 heavy (non-hydrogen) atoms. The van der Waals surface area contributed by atoms with Gasteiger partial charge in [0.25, 0.3) is 0 Å². The van der Waals surface area contributed by atoms with Gasteiger partial charge >= 0.3 is 0 Å². The lowest BCUT2D eigenvalue weighted by atomic mass is 9.82. The van der Waals surface area contributed by atoms with Crippen LogP contribution in [0.25, 0.3) is 0 Å². The van der Waals surface area contributed by atoms with Gasteiger partial charge in [0, 0.05) is 24.2 Å². The molecule has 2 nitrogen and oxygen atoms in total. The van der Waals surface area contributed by atoms with Crippen LogP contribution in [-0.4, -0.2) is 35.6 Å². The van der Waals surface area contributed by atoms with Gasteiger partial charge in [-0.1, -0.05) is 26.7 Å². The van der Waals surface area contributed by atoms with Crippen LogP contribution < -0.4 is 5.32 Å². The van der Waals surface area contributed by atoms with Crippen molar-refractivity contribution >= 4 is 0 Å². The number of piperidine rings is 1. The first kappa shape index (κ1) is 13.9. The highest BCUT2D eigenvalue weighted by atomic mass is 15.3. The van der Waals surface area contributed by atoms with E-state index < -0.39 is 0 Å². The van der Waals surface area contributed by atoms with E-state index in [9.17, 15) is 0 Å². The number of nitrogens with zero attached hydrogens (tertiary/aromatic N) is 1. The fourth-order valence-corrected chi connectivity index (χ4v) is 5.01. The van der Waals surface area contributed by atoms with Crippen molar-refractivity contribution in [1.29, 1.82) is 0 Å². The second-order valence-corrected chi connectivity index (χ2v) is 7.28. The summed E-state index contributed by atoms with van der Waals surface area (Å²) in [5.74, 6) is 0.942. The number of hydrogen-bond acceptors (Lipinski definition) is 2. The Balaban J connectivity index is 1.62. The Morgan fingerprint density at radius 3 is 2.32 bits per heavy atom. The highest BCUT2D eigenvalue weighted by Gasteiger charge is 2.45. The highest BCUT2D eigenvalue weighted by Crippen LogP contribution is 2.42. The second kappa shape index (κ2) is 6.13. The third kappa shape index (κ3) is 2.85. The van der Waals surface area contributed by atoms with E-state index in [-0.39, 0.29) is 0 Å². The molecule has 0 amide bonds. The van der Waals surface area contributed by atoms with E-state index >= 15 is 0 Å². The average molecular weight is 264 g/mol. The Morgan fingerprint density at radius 2 is 1.68 bits per heavy atom. The molecule has 2 saturated heterocycles. The van der Waals surface area contributed by atoms with Gasteiger partial charge in [-0.05, 0) is 57.4 Å². The molecule has 0 aromatic heterocycles.